The van der Waals surface area contributed by atoms with Crippen molar-refractivity contribution < 1.29 is 9.47 Å². The van der Waals surface area contributed by atoms with Crippen LogP contribution in [0.3, 0.4) is 0 Å². The summed E-state index contributed by atoms with van der Waals surface area (Å²) in [4.78, 5) is 0. The molecule has 5 heteroatoms. The van der Waals surface area contributed by atoms with Gasteiger partial charge in [-0.15, -0.1) is 12.4 Å². The first-order valence-electron chi connectivity index (χ1n) is 5.42. The van der Waals surface area contributed by atoms with Gasteiger partial charge < -0.3 is 20.9 Å². The first-order valence-corrected chi connectivity index (χ1v) is 5.42. The third-order valence-electron chi connectivity index (χ3n) is 1.87. The second kappa shape index (κ2) is 6.45. The van der Waals surface area contributed by atoms with Gasteiger partial charge in [0, 0.05) is 6.07 Å². The van der Waals surface area contributed by atoms with Crippen molar-refractivity contribution in [2.24, 2.45) is 0 Å². The smallest absolute Gasteiger partial charge is 0.146 e. The van der Waals surface area contributed by atoms with Crippen LogP contribution in [0.1, 0.15) is 27.7 Å². The molecule has 1 aromatic rings. The van der Waals surface area contributed by atoms with Gasteiger partial charge in [-0.05, 0) is 33.8 Å². The molecular weight excluding hydrogens is 240 g/mol. The quantitative estimate of drug-likeness (QED) is 0.817. The van der Waals surface area contributed by atoms with Crippen LogP contribution >= 0.6 is 12.4 Å². The van der Waals surface area contributed by atoms with Gasteiger partial charge in [-0.25, -0.2) is 0 Å². The summed E-state index contributed by atoms with van der Waals surface area (Å²) in [6.45, 7) is 7.77. The average Bonchev–Trinajstić information content (AvgIpc) is 2.11. The zero-order chi connectivity index (χ0) is 12.3. The molecule has 0 bridgehead atoms. The fourth-order valence-corrected chi connectivity index (χ4v) is 1.31. The molecule has 1 rings (SSSR count). The molecule has 4 nitrogen and oxygen atoms in total. The topological polar surface area (TPSA) is 70.5 Å². The molecule has 0 saturated carbocycles. The predicted octanol–water partition coefficient (Wildman–Crippen LogP) is 2.85. The molecular formula is C12H21ClN2O2. The monoisotopic (exact) mass is 260 g/mol. The van der Waals surface area contributed by atoms with E-state index < -0.39 is 0 Å². The van der Waals surface area contributed by atoms with Gasteiger partial charge in [-0.3, -0.25) is 0 Å². The second-order valence-electron chi connectivity index (χ2n) is 4.26. The molecule has 4 N–H and O–H groups in total. The molecule has 0 aromatic heterocycles. The van der Waals surface area contributed by atoms with E-state index in [-0.39, 0.29) is 24.6 Å². The van der Waals surface area contributed by atoms with Gasteiger partial charge in [0.05, 0.1) is 23.6 Å². The maximum Gasteiger partial charge on any atom is 0.146 e. The van der Waals surface area contributed by atoms with Crippen molar-refractivity contribution in [3.05, 3.63) is 12.1 Å². The Hall–Kier alpha value is -1.29. The van der Waals surface area contributed by atoms with E-state index >= 15 is 0 Å². The average molecular weight is 261 g/mol. The fourth-order valence-electron chi connectivity index (χ4n) is 1.31. The summed E-state index contributed by atoms with van der Waals surface area (Å²) in [5.41, 5.74) is 12.7. The number of rotatable bonds is 4. The van der Waals surface area contributed by atoms with Crippen molar-refractivity contribution in [3.63, 3.8) is 0 Å². The van der Waals surface area contributed by atoms with E-state index in [0.29, 0.717) is 22.9 Å². The standard InChI is InChI=1S/C12H20N2O2.ClH/c1-7(2)15-11-6-12(16-8(3)4)10(14)5-9(11)13;/h5-8H,13-14H2,1-4H3;1H. The number of nitrogens with two attached hydrogens (primary N) is 2. The summed E-state index contributed by atoms with van der Waals surface area (Å²) in [5.74, 6) is 1.22. The zero-order valence-electron chi connectivity index (χ0n) is 10.7. The van der Waals surface area contributed by atoms with Crippen molar-refractivity contribution in [1.29, 1.82) is 0 Å². The number of benzene rings is 1. The van der Waals surface area contributed by atoms with Crippen molar-refractivity contribution >= 4 is 23.8 Å². The van der Waals surface area contributed by atoms with Crippen LogP contribution in [-0.4, -0.2) is 12.2 Å². The SMILES string of the molecule is CC(C)Oc1cc(OC(C)C)c(N)cc1N.Cl. The molecule has 17 heavy (non-hydrogen) atoms. The molecule has 0 aliphatic heterocycles. The van der Waals surface area contributed by atoms with Gasteiger partial charge in [0.15, 0.2) is 0 Å². The maximum atomic E-state index is 5.81. The molecule has 0 spiro atoms. The highest BCUT2D eigenvalue weighted by molar-refractivity contribution is 5.85. The lowest BCUT2D eigenvalue weighted by atomic mass is 10.2. The van der Waals surface area contributed by atoms with Crippen molar-refractivity contribution in [2.75, 3.05) is 11.5 Å². The molecule has 0 aliphatic carbocycles. The van der Waals surface area contributed by atoms with E-state index in [2.05, 4.69) is 0 Å². The first-order chi connectivity index (χ1) is 7.40. The van der Waals surface area contributed by atoms with E-state index in [1.165, 1.54) is 0 Å². The van der Waals surface area contributed by atoms with Gasteiger partial charge in [0.1, 0.15) is 11.5 Å². The molecule has 0 amide bonds. The number of ether oxygens (including phenoxy) is 2. The molecule has 98 valence electrons. The van der Waals surface area contributed by atoms with Gasteiger partial charge in [0.25, 0.3) is 0 Å². The summed E-state index contributed by atoms with van der Waals surface area (Å²) < 4.78 is 11.1. The van der Waals surface area contributed by atoms with Crippen LogP contribution in [0.25, 0.3) is 0 Å². The van der Waals surface area contributed by atoms with E-state index in [4.69, 9.17) is 20.9 Å². The van der Waals surface area contributed by atoms with Gasteiger partial charge >= 0.3 is 0 Å². The Morgan fingerprint density at radius 3 is 1.47 bits per heavy atom. The number of hydrogen-bond acceptors (Lipinski definition) is 4. The number of hydrogen-bond donors (Lipinski definition) is 2. The highest BCUT2D eigenvalue weighted by Crippen LogP contribution is 2.34. The van der Waals surface area contributed by atoms with Crippen LogP contribution in [0.2, 0.25) is 0 Å². The van der Waals surface area contributed by atoms with E-state index in [1.807, 2.05) is 27.7 Å². The largest absolute Gasteiger partial charge is 0.489 e. The minimum atomic E-state index is 0. The zero-order valence-corrected chi connectivity index (χ0v) is 11.5. The number of anilines is 2. The third kappa shape index (κ3) is 4.61. The number of nitrogen functional groups attached to an aromatic ring is 2. The lowest BCUT2D eigenvalue weighted by Gasteiger charge is -2.17. The van der Waals surface area contributed by atoms with Gasteiger partial charge in [-0.1, -0.05) is 0 Å². The van der Waals surface area contributed by atoms with Crippen LogP contribution in [0.5, 0.6) is 11.5 Å². The van der Waals surface area contributed by atoms with Gasteiger partial charge in [0.2, 0.25) is 0 Å². The summed E-state index contributed by atoms with van der Waals surface area (Å²) in [7, 11) is 0. The van der Waals surface area contributed by atoms with E-state index in [9.17, 15) is 0 Å². The Labute approximate surface area is 109 Å². The first kappa shape index (κ1) is 15.7. The van der Waals surface area contributed by atoms with Crippen molar-refractivity contribution in [1.82, 2.24) is 0 Å². The lowest BCUT2D eigenvalue weighted by Crippen LogP contribution is -2.11. The highest BCUT2D eigenvalue weighted by Gasteiger charge is 2.10. The van der Waals surface area contributed by atoms with Crippen molar-refractivity contribution in [2.45, 2.75) is 39.9 Å². The van der Waals surface area contributed by atoms with Crippen LogP contribution in [0, 0.1) is 0 Å². The summed E-state index contributed by atoms with van der Waals surface area (Å²) in [6.07, 6.45) is 0.135. The van der Waals surface area contributed by atoms with Gasteiger partial charge in [-0.2, -0.15) is 0 Å². The van der Waals surface area contributed by atoms with E-state index in [1.54, 1.807) is 12.1 Å². The van der Waals surface area contributed by atoms with Crippen LogP contribution in [0.4, 0.5) is 11.4 Å². The minimum Gasteiger partial charge on any atom is -0.489 e. The minimum absolute atomic E-state index is 0. The van der Waals surface area contributed by atoms with Crippen molar-refractivity contribution in [3.8, 4) is 11.5 Å². The lowest BCUT2D eigenvalue weighted by molar-refractivity contribution is 0.231. The maximum absolute atomic E-state index is 5.81. The Kier molecular flexibility index (Phi) is 5.96. The molecule has 0 unspecified atom stereocenters. The molecule has 1 aromatic carbocycles. The fraction of sp³-hybridized carbons (Fsp3) is 0.500. The summed E-state index contributed by atoms with van der Waals surface area (Å²) in [6, 6.07) is 3.40. The molecule has 0 atom stereocenters. The Morgan fingerprint density at radius 1 is 0.824 bits per heavy atom. The van der Waals surface area contributed by atoms with E-state index in [0.717, 1.165) is 0 Å². The Balaban J connectivity index is 0.00000256. The number of halogens is 1. The second-order valence-corrected chi connectivity index (χ2v) is 4.26. The summed E-state index contributed by atoms with van der Waals surface area (Å²) in [5, 5.41) is 0. The molecule has 0 aliphatic rings. The van der Waals surface area contributed by atoms with Crippen LogP contribution < -0.4 is 20.9 Å². The van der Waals surface area contributed by atoms with Crippen LogP contribution in [0.15, 0.2) is 12.1 Å². The molecule has 0 fully saturated rings. The normalized spacial score (nSPS) is 10.2. The molecule has 0 saturated heterocycles. The molecule has 0 radical (unpaired) electrons. The molecule has 0 heterocycles. The third-order valence-corrected chi connectivity index (χ3v) is 1.87. The Bertz CT molecular complexity index is 337. The summed E-state index contributed by atoms with van der Waals surface area (Å²) >= 11 is 0. The predicted molar refractivity (Wildman–Crippen MR) is 74.0 cm³/mol. The Morgan fingerprint density at radius 2 is 1.18 bits per heavy atom. The van der Waals surface area contributed by atoms with Crippen LogP contribution in [-0.2, 0) is 0 Å². The highest BCUT2D eigenvalue weighted by atomic mass is 35.5.